The van der Waals surface area contributed by atoms with Crippen molar-refractivity contribution in [2.75, 3.05) is 5.32 Å². The molecule has 0 atom stereocenters. The zero-order chi connectivity index (χ0) is 12.3. The van der Waals surface area contributed by atoms with Gasteiger partial charge in [-0.15, -0.1) is 0 Å². The monoisotopic (exact) mass is 229 g/mol. The minimum atomic E-state index is -0.313. The van der Waals surface area contributed by atoms with Crippen LogP contribution in [0.5, 0.6) is 11.5 Å². The molecule has 0 unspecified atom stereocenters. The Morgan fingerprint density at radius 3 is 2.35 bits per heavy atom. The molecule has 4 nitrogen and oxygen atoms in total. The van der Waals surface area contributed by atoms with Gasteiger partial charge in [0, 0.05) is 11.6 Å². The molecule has 0 aliphatic rings. The number of carbonyl (C=O) groups is 1. The van der Waals surface area contributed by atoms with E-state index in [1.807, 2.05) is 6.07 Å². The van der Waals surface area contributed by atoms with Gasteiger partial charge in [0.25, 0.3) is 5.91 Å². The van der Waals surface area contributed by atoms with Crippen LogP contribution >= 0.6 is 0 Å². The fraction of sp³-hybridized carbons (Fsp3) is 0. The van der Waals surface area contributed by atoms with Gasteiger partial charge in [-0.3, -0.25) is 4.79 Å². The van der Waals surface area contributed by atoms with Crippen LogP contribution in [-0.2, 0) is 0 Å². The molecule has 0 fully saturated rings. The molecule has 0 aromatic heterocycles. The Labute approximate surface area is 98.2 Å². The van der Waals surface area contributed by atoms with E-state index in [0.29, 0.717) is 5.56 Å². The highest BCUT2D eigenvalue weighted by molar-refractivity contribution is 6.04. The number of hydrogen-bond donors (Lipinski definition) is 3. The molecule has 0 bridgehead atoms. The smallest absolute Gasteiger partial charge is 0.255 e. The number of rotatable bonds is 2. The number of carbonyl (C=O) groups excluding carboxylic acids is 1. The van der Waals surface area contributed by atoms with Gasteiger partial charge in [-0.1, -0.05) is 18.2 Å². The second-order valence-electron chi connectivity index (χ2n) is 3.52. The number of phenols is 2. The van der Waals surface area contributed by atoms with Crippen molar-refractivity contribution in [1.29, 1.82) is 0 Å². The fourth-order valence-electron chi connectivity index (χ4n) is 1.41. The van der Waals surface area contributed by atoms with Crippen molar-refractivity contribution in [2.24, 2.45) is 0 Å². The van der Waals surface area contributed by atoms with Crippen LogP contribution in [0.15, 0.2) is 48.5 Å². The number of aromatic hydroxyl groups is 2. The number of anilines is 1. The number of amides is 1. The summed E-state index contributed by atoms with van der Waals surface area (Å²) >= 11 is 0. The van der Waals surface area contributed by atoms with E-state index in [0.717, 1.165) is 0 Å². The van der Waals surface area contributed by atoms with Gasteiger partial charge in [0.1, 0.15) is 11.5 Å². The maximum Gasteiger partial charge on any atom is 0.255 e. The molecule has 0 spiro atoms. The van der Waals surface area contributed by atoms with Gasteiger partial charge >= 0.3 is 0 Å². The molecule has 0 aliphatic heterocycles. The Hall–Kier alpha value is -2.49. The summed E-state index contributed by atoms with van der Waals surface area (Å²) in [5.74, 6) is -0.541. The van der Waals surface area contributed by atoms with Gasteiger partial charge in [-0.25, -0.2) is 0 Å². The first kappa shape index (κ1) is 11.0. The quantitative estimate of drug-likeness (QED) is 0.547. The average molecular weight is 229 g/mol. The lowest BCUT2D eigenvalue weighted by atomic mass is 10.2. The molecule has 3 N–H and O–H groups in total. The minimum absolute atomic E-state index is 0.0554. The molecule has 0 saturated carbocycles. The lowest BCUT2D eigenvalue weighted by Gasteiger charge is -2.07. The van der Waals surface area contributed by atoms with Crippen molar-refractivity contribution in [2.45, 2.75) is 0 Å². The molecule has 4 heteroatoms. The summed E-state index contributed by atoms with van der Waals surface area (Å²) in [4.78, 5) is 11.8. The molecule has 1 amide bonds. The Bertz CT molecular complexity index is 538. The van der Waals surface area contributed by atoms with E-state index in [4.69, 9.17) is 5.11 Å². The summed E-state index contributed by atoms with van der Waals surface area (Å²) in [5, 5.41) is 21.2. The van der Waals surface area contributed by atoms with E-state index < -0.39 is 0 Å². The lowest BCUT2D eigenvalue weighted by molar-refractivity contribution is 0.102. The van der Waals surface area contributed by atoms with Crippen LogP contribution in [0.4, 0.5) is 5.69 Å². The Morgan fingerprint density at radius 1 is 1.00 bits per heavy atom. The largest absolute Gasteiger partial charge is 0.508 e. The van der Waals surface area contributed by atoms with Gasteiger partial charge in [0.05, 0.1) is 5.69 Å². The van der Waals surface area contributed by atoms with E-state index in [-0.39, 0.29) is 23.1 Å². The summed E-state index contributed by atoms with van der Waals surface area (Å²) < 4.78 is 0. The summed E-state index contributed by atoms with van der Waals surface area (Å²) in [6.45, 7) is 0. The van der Waals surface area contributed by atoms with E-state index >= 15 is 0 Å². The molecule has 0 saturated heterocycles. The third-order valence-electron chi connectivity index (χ3n) is 2.27. The number of nitrogens with one attached hydrogen (secondary N) is 1. The SMILES string of the molecule is O=C(Nc1ccc(O)cc1O)c1ccccc1. The minimum Gasteiger partial charge on any atom is -0.508 e. The van der Waals surface area contributed by atoms with Crippen LogP contribution in [0, 0.1) is 0 Å². The zero-order valence-electron chi connectivity index (χ0n) is 8.92. The van der Waals surface area contributed by atoms with Crippen LogP contribution < -0.4 is 5.32 Å². The molecule has 0 radical (unpaired) electrons. The molecular weight excluding hydrogens is 218 g/mol. The molecular formula is C13H11NO3. The Morgan fingerprint density at radius 2 is 1.71 bits per heavy atom. The second kappa shape index (κ2) is 4.57. The highest BCUT2D eigenvalue weighted by Gasteiger charge is 2.08. The molecule has 86 valence electrons. The third-order valence-corrected chi connectivity index (χ3v) is 2.27. The first-order chi connectivity index (χ1) is 8.16. The highest BCUT2D eigenvalue weighted by Crippen LogP contribution is 2.27. The van der Waals surface area contributed by atoms with Crippen molar-refractivity contribution in [1.82, 2.24) is 0 Å². The van der Waals surface area contributed by atoms with E-state index in [1.165, 1.54) is 18.2 Å². The molecule has 0 aliphatic carbocycles. The van der Waals surface area contributed by atoms with Gasteiger partial charge in [0.2, 0.25) is 0 Å². The van der Waals surface area contributed by atoms with E-state index in [2.05, 4.69) is 5.32 Å². The van der Waals surface area contributed by atoms with Gasteiger partial charge < -0.3 is 15.5 Å². The van der Waals surface area contributed by atoms with Crippen molar-refractivity contribution >= 4 is 11.6 Å². The summed E-state index contributed by atoms with van der Waals surface area (Å²) in [6.07, 6.45) is 0. The number of hydrogen-bond acceptors (Lipinski definition) is 3. The average Bonchev–Trinajstić information content (AvgIpc) is 2.34. The summed E-state index contributed by atoms with van der Waals surface area (Å²) in [7, 11) is 0. The van der Waals surface area contributed by atoms with Crippen molar-refractivity contribution in [3.8, 4) is 11.5 Å². The van der Waals surface area contributed by atoms with Crippen LogP contribution in [-0.4, -0.2) is 16.1 Å². The van der Waals surface area contributed by atoms with Crippen LogP contribution in [0.2, 0.25) is 0 Å². The fourth-order valence-corrected chi connectivity index (χ4v) is 1.41. The first-order valence-electron chi connectivity index (χ1n) is 5.05. The normalized spacial score (nSPS) is 9.88. The maximum atomic E-state index is 11.8. The molecule has 2 aromatic rings. The summed E-state index contributed by atoms with van der Waals surface area (Å²) in [5.41, 5.74) is 0.761. The summed E-state index contributed by atoms with van der Waals surface area (Å²) in [6, 6.07) is 12.7. The Balaban J connectivity index is 2.19. The van der Waals surface area contributed by atoms with Gasteiger partial charge in [-0.05, 0) is 24.3 Å². The predicted octanol–water partition coefficient (Wildman–Crippen LogP) is 2.35. The molecule has 2 rings (SSSR count). The maximum absolute atomic E-state index is 11.8. The van der Waals surface area contributed by atoms with Crippen LogP contribution in [0.1, 0.15) is 10.4 Å². The molecule has 2 aromatic carbocycles. The van der Waals surface area contributed by atoms with Gasteiger partial charge in [0.15, 0.2) is 0 Å². The highest BCUT2D eigenvalue weighted by atomic mass is 16.3. The first-order valence-corrected chi connectivity index (χ1v) is 5.05. The van der Waals surface area contributed by atoms with Crippen molar-refractivity contribution in [3.63, 3.8) is 0 Å². The van der Waals surface area contributed by atoms with Crippen LogP contribution in [0.25, 0.3) is 0 Å². The van der Waals surface area contributed by atoms with Crippen molar-refractivity contribution < 1.29 is 15.0 Å². The number of phenolic OH excluding ortho intramolecular Hbond substituents is 2. The van der Waals surface area contributed by atoms with Crippen LogP contribution in [0.3, 0.4) is 0 Å². The lowest BCUT2D eigenvalue weighted by Crippen LogP contribution is -2.11. The predicted molar refractivity (Wildman–Crippen MR) is 64.2 cm³/mol. The Kier molecular flexibility index (Phi) is 2.96. The zero-order valence-corrected chi connectivity index (χ0v) is 8.92. The standard InChI is InChI=1S/C13H11NO3/c15-10-6-7-11(12(16)8-10)14-13(17)9-4-2-1-3-5-9/h1-8,15-16H,(H,14,17). The molecule has 0 heterocycles. The third kappa shape index (κ3) is 2.55. The number of benzene rings is 2. The molecule has 17 heavy (non-hydrogen) atoms. The van der Waals surface area contributed by atoms with E-state index in [1.54, 1.807) is 24.3 Å². The van der Waals surface area contributed by atoms with Crippen molar-refractivity contribution in [3.05, 3.63) is 54.1 Å². The van der Waals surface area contributed by atoms with E-state index in [9.17, 15) is 9.90 Å². The second-order valence-corrected chi connectivity index (χ2v) is 3.52. The topological polar surface area (TPSA) is 69.6 Å². The van der Waals surface area contributed by atoms with Gasteiger partial charge in [-0.2, -0.15) is 0 Å².